The standard InChI is InChI=1S/C24H26F4N2O4S/c25-20-17(15-5-2-1-3-6-15)7-4-11-23(20,26)13-18-21(29-35(32,33)16-8-9-16)24(27,28)14-30(18)22(31)19-10-12-34-19/h1-7,11,16,18-21,29H,8-10,12-14H2/t18-,19?,20?,21+,23?/m0/s1. The lowest BCUT2D eigenvalue weighted by molar-refractivity contribution is -0.158. The van der Waals surface area contributed by atoms with Crippen molar-refractivity contribution in [1.29, 1.82) is 0 Å². The van der Waals surface area contributed by atoms with E-state index in [0.29, 0.717) is 24.8 Å². The summed E-state index contributed by atoms with van der Waals surface area (Å²) in [5.41, 5.74) is -2.27. The van der Waals surface area contributed by atoms with E-state index in [2.05, 4.69) is 0 Å². The summed E-state index contributed by atoms with van der Waals surface area (Å²) < 4.78 is 94.6. The monoisotopic (exact) mass is 514 g/mol. The van der Waals surface area contributed by atoms with Gasteiger partial charge in [0.1, 0.15) is 12.1 Å². The normalized spacial score (nSPS) is 34.4. The minimum Gasteiger partial charge on any atom is -0.368 e. The first-order valence-corrected chi connectivity index (χ1v) is 13.2. The van der Waals surface area contributed by atoms with E-state index in [1.54, 1.807) is 30.3 Å². The van der Waals surface area contributed by atoms with Crippen LogP contribution in [0.4, 0.5) is 17.6 Å². The third kappa shape index (κ3) is 4.53. The van der Waals surface area contributed by atoms with Crippen molar-refractivity contribution in [2.75, 3.05) is 13.2 Å². The van der Waals surface area contributed by atoms with Gasteiger partial charge in [0.05, 0.1) is 24.4 Å². The summed E-state index contributed by atoms with van der Waals surface area (Å²) in [7, 11) is -4.11. The van der Waals surface area contributed by atoms with Crippen LogP contribution >= 0.6 is 0 Å². The zero-order chi connectivity index (χ0) is 25.0. The minimum atomic E-state index is -4.11. The van der Waals surface area contributed by atoms with Crippen molar-refractivity contribution in [3.05, 3.63) is 54.1 Å². The van der Waals surface area contributed by atoms with Gasteiger partial charge in [0, 0.05) is 12.8 Å². The van der Waals surface area contributed by atoms with Crippen LogP contribution in [0.2, 0.25) is 0 Å². The Morgan fingerprint density at radius 2 is 1.83 bits per heavy atom. The third-order valence-corrected chi connectivity index (χ3v) is 9.04. The quantitative estimate of drug-likeness (QED) is 0.568. The van der Waals surface area contributed by atoms with Crippen LogP contribution in [0, 0.1) is 0 Å². The van der Waals surface area contributed by atoms with Crippen LogP contribution in [0.3, 0.4) is 0 Å². The molecule has 1 N–H and O–H groups in total. The van der Waals surface area contributed by atoms with Gasteiger partial charge in [0.25, 0.3) is 11.8 Å². The highest BCUT2D eigenvalue weighted by Crippen LogP contribution is 2.44. The Morgan fingerprint density at radius 1 is 1.14 bits per heavy atom. The molecule has 1 aromatic rings. The number of ether oxygens (including phenoxy) is 1. The van der Waals surface area contributed by atoms with Crippen molar-refractivity contribution >= 4 is 21.5 Å². The molecule has 35 heavy (non-hydrogen) atoms. The number of hydrogen-bond donors (Lipinski definition) is 1. The maximum atomic E-state index is 16.2. The first-order chi connectivity index (χ1) is 16.5. The number of hydrogen-bond acceptors (Lipinski definition) is 4. The number of alkyl halides is 4. The lowest BCUT2D eigenvalue weighted by Gasteiger charge is -2.38. The maximum Gasteiger partial charge on any atom is 0.283 e. The molecule has 4 aliphatic rings. The van der Waals surface area contributed by atoms with E-state index in [0.717, 1.165) is 11.0 Å². The smallest absolute Gasteiger partial charge is 0.283 e. The second kappa shape index (κ2) is 8.70. The van der Waals surface area contributed by atoms with Gasteiger partial charge in [-0.2, -0.15) is 0 Å². The molecule has 3 unspecified atom stereocenters. The Labute approximate surface area is 201 Å². The Balaban J connectivity index is 1.47. The van der Waals surface area contributed by atoms with Crippen molar-refractivity contribution < 1.29 is 35.5 Å². The Kier molecular flexibility index (Phi) is 6.08. The fourth-order valence-electron chi connectivity index (χ4n) is 4.91. The molecule has 11 heteroatoms. The lowest BCUT2D eigenvalue weighted by atomic mass is 9.80. The minimum absolute atomic E-state index is 0.0377. The highest BCUT2D eigenvalue weighted by atomic mass is 32.2. The number of sulfonamides is 1. The van der Waals surface area contributed by atoms with Gasteiger partial charge in [-0.3, -0.25) is 4.79 Å². The van der Waals surface area contributed by atoms with Gasteiger partial charge in [-0.05, 0) is 30.1 Å². The molecule has 190 valence electrons. The summed E-state index contributed by atoms with van der Waals surface area (Å²) in [6, 6.07) is 4.58. The number of amides is 1. The van der Waals surface area contributed by atoms with Crippen molar-refractivity contribution in [3.8, 4) is 0 Å². The van der Waals surface area contributed by atoms with Crippen molar-refractivity contribution in [2.24, 2.45) is 0 Å². The number of rotatable bonds is 7. The second-order valence-electron chi connectivity index (χ2n) is 9.62. The second-order valence-corrected chi connectivity index (χ2v) is 11.6. The molecular weight excluding hydrogens is 488 g/mol. The van der Waals surface area contributed by atoms with E-state index in [1.807, 2.05) is 4.72 Å². The van der Waals surface area contributed by atoms with E-state index < -0.39 is 70.1 Å². The molecule has 2 saturated heterocycles. The first-order valence-electron chi connectivity index (χ1n) is 11.6. The lowest BCUT2D eigenvalue weighted by Crippen LogP contribution is -2.56. The van der Waals surface area contributed by atoms with Gasteiger partial charge in [0.15, 0.2) is 11.8 Å². The summed E-state index contributed by atoms with van der Waals surface area (Å²) in [5, 5.41) is -0.797. The van der Waals surface area contributed by atoms with E-state index in [1.165, 1.54) is 12.2 Å². The SMILES string of the molecule is O=C(C1CCO1)N1CC(F)(F)[C@H](NS(=O)(=O)C2CC2)[C@@H]1CC1(F)C=CC=C(c2ccccc2)C1F. The van der Waals surface area contributed by atoms with E-state index >= 15 is 17.6 Å². The third-order valence-electron chi connectivity index (χ3n) is 7.11. The van der Waals surface area contributed by atoms with Crippen molar-refractivity contribution in [2.45, 2.75) is 66.9 Å². The number of carbonyl (C=O) groups excluding carboxylic acids is 1. The average Bonchev–Trinajstić information content (AvgIpc) is 3.59. The summed E-state index contributed by atoms with van der Waals surface area (Å²) >= 11 is 0. The summed E-state index contributed by atoms with van der Waals surface area (Å²) in [6.07, 6.45) is 0.673. The van der Waals surface area contributed by atoms with Crippen LogP contribution in [0.15, 0.2) is 48.6 Å². The number of nitrogens with one attached hydrogen (secondary N) is 1. The van der Waals surface area contributed by atoms with E-state index in [9.17, 15) is 13.2 Å². The Morgan fingerprint density at radius 3 is 2.43 bits per heavy atom. The predicted molar refractivity (Wildman–Crippen MR) is 121 cm³/mol. The van der Waals surface area contributed by atoms with Gasteiger partial charge in [0.2, 0.25) is 10.0 Å². The van der Waals surface area contributed by atoms with Crippen molar-refractivity contribution in [3.63, 3.8) is 0 Å². The fourth-order valence-corrected chi connectivity index (χ4v) is 6.54. The van der Waals surface area contributed by atoms with Crippen molar-refractivity contribution in [1.82, 2.24) is 9.62 Å². The highest BCUT2D eigenvalue weighted by Gasteiger charge is 2.61. The summed E-state index contributed by atoms with van der Waals surface area (Å²) in [6.45, 7) is -0.817. The molecule has 2 aliphatic heterocycles. The van der Waals surface area contributed by atoms with Crippen LogP contribution < -0.4 is 4.72 Å². The van der Waals surface area contributed by atoms with Crippen LogP contribution in [-0.4, -0.2) is 73.6 Å². The van der Waals surface area contributed by atoms with Gasteiger partial charge in [-0.25, -0.2) is 30.7 Å². The summed E-state index contributed by atoms with van der Waals surface area (Å²) in [5.74, 6) is -4.45. The molecule has 0 aromatic heterocycles. The number of carbonyl (C=O) groups is 1. The molecule has 0 radical (unpaired) electrons. The number of halogens is 4. The molecule has 1 saturated carbocycles. The molecule has 3 fully saturated rings. The zero-order valence-corrected chi connectivity index (χ0v) is 19.6. The largest absolute Gasteiger partial charge is 0.368 e. The van der Waals surface area contributed by atoms with Crippen LogP contribution in [-0.2, 0) is 19.6 Å². The van der Waals surface area contributed by atoms with Crippen LogP contribution in [0.25, 0.3) is 5.57 Å². The van der Waals surface area contributed by atoms with E-state index in [4.69, 9.17) is 4.74 Å². The number of allylic oxidation sites excluding steroid dienone is 4. The molecule has 6 nitrogen and oxygen atoms in total. The Bertz CT molecular complexity index is 1150. The zero-order valence-electron chi connectivity index (χ0n) is 18.7. The van der Waals surface area contributed by atoms with Gasteiger partial charge < -0.3 is 9.64 Å². The summed E-state index contributed by atoms with van der Waals surface area (Å²) in [4.78, 5) is 13.7. The van der Waals surface area contributed by atoms with Gasteiger partial charge >= 0.3 is 0 Å². The van der Waals surface area contributed by atoms with Gasteiger partial charge in [-0.15, -0.1) is 0 Å². The molecule has 1 aromatic carbocycles. The number of benzene rings is 1. The molecule has 2 heterocycles. The molecule has 2 aliphatic carbocycles. The molecule has 0 spiro atoms. The molecule has 0 bridgehead atoms. The highest BCUT2D eigenvalue weighted by molar-refractivity contribution is 7.90. The Hall–Kier alpha value is -2.24. The van der Waals surface area contributed by atoms with Crippen LogP contribution in [0.1, 0.15) is 31.2 Å². The maximum absolute atomic E-state index is 16.2. The van der Waals surface area contributed by atoms with Crippen LogP contribution in [0.5, 0.6) is 0 Å². The molecule has 5 rings (SSSR count). The number of nitrogens with zero attached hydrogens (tertiary/aromatic N) is 1. The number of likely N-dealkylation sites (tertiary alicyclic amines) is 1. The average molecular weight is 515 g/mol. The molecule has 1 amide bonds. The molecule has 5 atom stereocenters. The van der Waals surface area contributed by atoms with E-state index in [-0.39, 0.29) is 12.2 Å². The van der Waals surface area contributed by atoms with Gasteiger partial charge in [-0.1, -0.05) is 42.5 Å². The fraction of sp³-hybridized carbons (Fsp3) is 0.542. The first kappa shape index (κ1) is 24.5. The predicted octanol–water partition coefficient (Wildman–Crippen LogP) is 3.16. The topological polar surface area (TPSA) is 75.7 Å². The molecular formula is C24H26F4N2O4S.